The van der Waals surface area contributed by atoms with Gasteiger partial charge in [-0.2, -0.15) is 0 Å². The van der Waals surface area contributed by atoms with Gasteiger partial charge in [0.2, 0.25) is 0 Å². The molecule has 1 aromatic carbocycles. The van der Waals surface area contributed by atoms with Crippen molar-refractivity contribution in [2.24, 2.45) is 0 Å². The maximum Gasteiger partial charge on any atom is 0.251 e. The van der Waals surface area contributed by atoms with E-state index in [0.717, 1.165) is 10.0 Å². The number of rotatable bonds is 3. The Balaban J connectivity index is 2.34. The van der Waals surface area contributed by atoms with Gasteiger partial charge in [0.15, 0.2) is 0 Å². The summed E-state index contributed by atoms with van der Waals surface area (Å²) in [5, 5.41) is 0. The van der Waals surface area contributed by atoms with Crippen LogP contribution in [0.3, 0.4) is 0 Å². The third kappa shape index (κ3) is 3.64. The second-order valence-corrected chi connectivity index (χ2v) is 5.42. The predicted molar refractivity (Wildman–Crippen MR) is 82.0 cm³/mol. The monoisotopic (exact) mass is 318 g/mol. The number of H-pyrrole nitrogens is 1. The van der Waals surface area contributed by atoms with Crippen LogP contribution in [0.4, 0.5) is 0 Å². The minimum Gasteiger partial charge on any atom is -0.310 e. The second-order valence-electron chi connectivity index (χ2n) is 4.57. The summed E-state index contributed by atoms with van der Waals surface area (Å²) in [5.41, 5.74) is 1.60. The lowest BCUT2D eigenvalue weighted by Gasteiger charge is -2.04. The Morgan fingerprint density at radius 2 is 2.00 bits per heavy atom. The van der Waals surface area contributed by atoms with Crippen LogP contribution in [0, 0.1) is 0 Å². The Kier molecular flexibility index (Phi) is 4.32. The number of benzene rings is 1. The van der Waals surface area contributed by atoms with Gasteiger partial charge in [0.05, 0.1) is 5.69 Å². The lowest BCUT2D eigenvalue weighted by Crippen LogP contribution is -2.12. The first-order valence-electron chi connectivity index (χ1n) is 6.10. The zero-order chi connectivity index (χ0) is 13.8. The highest BCUT2D eigenvalue weighted by Crippen LogP contribution is 2.18. The molecule has 0 radical (unpaired) electrons. The van der Waals surface area contributed by atoms with Crippen LogP contribution in [-0.4, -0.2) is 9.97 Å². The lowest BCUT2D eigenvalue weighted by molar-refractivity contribution is 0.764. The van der Waals surface area contributed by atoms with E-state index in [2.05, 4.69) is 25.9 Å². The molecule has 0 atom stereocenters. The maximum absolute atomic E-state index is 11.6. The molecule has 0 spiro atoms. The first-order valence-corrected chi connectivity index (χ1v) is 6.89. The molecule has 4 heteroatoms. The summed E-state index contributed by atoms with van der Waals surface area (Å²) in [7, 11) is 0. The van der Waals surface area contributed by atoms with E-state index in [4.69, 9.17) is 0 Å². The summed E-state index contributed by atoms with van der Waals surface area (Å²) < 4.78 is 1.01. The van der Waals surface area contributed by atoms with E-state index in [1.807, 2.05) is 50.3 Å². The van der Waals surface area contributed by atoms with Crippen molar-refractivity contribution in [2.45, 2.75) is 19.8 Å². The maximum atomic E-state index is 11.6. The molecule has 2 rings (SSSR count). The molecule has 0 aliphatic carbocycles. The van der Waals surface area contributed by atoms with Gasteiger partial charge < -0.3 is 4.98 Å². The Labute approximate surface area is 120 Å². The quantitative estimate of drug-likeness (QED) is 0.934. The first-order chi connectivity index (χ1) is 9.06. The second kappa shape index (κ2) is 5.97. The molecule has 1 aromatic heterocycles. The van der Waals surface area contributed by atoms with Gasteiger partial charge in [-0.05, 0) is 17.7 Å². The van der Waals surface area contributed by atoms with Gasteiger partial charge >= 0.3 is 0 Å². The molecule has 2 aromatic rings. The normalized spacial score (nSPS) is 11.4. The average Bonchev–Trinajstić information content (AvgIpc) is 2.37. The largest absolute Gasteiger partial charge is 0.310 e. The molecule has 3 nitrogen and oxygen atoms in total. The van der Waals surface area contributed by atoms with Crippen LogP contribution in [-0.2, 0) is 0 Å². The van der Waals surface area contributed by atoms with Gasteiger partial charge in [-0.15, -0.1) is 0 Å². The van der Waals surface area contributed by atoms with Gasteiger partial charge in [-0.25, -0.2) is 4.98 Å². The van der Waals surface area contributed by atoms with Gasteiger partial charge in [0, 0.05) is 16.5 Å². The topological polar surface area (TPSA) is 45.8 Å². The lowest BCUT2D eigenvalue weighted by atomic mass is 10.2. The van der Waals surface area contributed by atoms with E-state index in [9.17, 15) is 4.79 Å². The summed E-state index contributed by atoms with van der Waals surface area (Å²) in [6.45, 7) is 4.00. The molecule has 1 N–H and O–H groups in total. The van der Waals surface area contributed by atoms with Crippen LogP contribution in [0.5, 0.6) is 0 Å². The van der Waals surface area contributed by atoms with E-state index in [1.165, 1.54) is 6.07 Å². The van der Waals surface area contributed by atoms with Crippen molar-refractivity contribution in [1.82, 2.24) is 9.97 Å². The molecule has 98 valence electrons. The highest BCUT2D eigenvalue weighted by Gasteiger charge is 2.03. The number of hydrogen-bond acceptors (Lipinski definition) is 2. The van der Waals surface area contributed by atoms with E-state index in [1.54, 1.807) is 0 Å². The fourth-order valence-corrected chi connectivity index (χ4v) is 2.06. The van der Waals surface area contributed by atoms with Crippen molar-refractivity contribution in [3.63, 3.8) is 0 Å². The van der Waals surface area contributed by atoms with Gasteiger partial charge in [-0.3, -0.25) is 4.79 Å². The fraction of sp³-hybridized carbons (Fsp3) is 0.200. The number of nitrogens with zero attached hydrogens (tertiary/aromatic N) is 1. The zero-order valence-corrected chi connectivity index (χ0v) is 12.4. The van der Waals surface area contributed by atoms with E-state index < -0.39 is 0 Å². The van der Waals surface area contributed by atoms with Crippen molar-refractivity contribution in [3.8, 4) is 0 Å². The van der Waals surface area contributed by atoms with Crippen LogP contribution in [0.1, 0.15) is 36.8 Å². The molecule has 19 heavy (non-hydrogen) atoms. The number of aromatic nitrogens is 2. The van der Waals surface area contributed by atoms with E-state index in [-0.39, 0.29) is 11.5 Å². The Hall–Kier alpha value is -1.68. The van der Waals surface area contributed by atoms with Crippen LogP contribution in [0.2, 0.25) is 0 Å². The molecule has 0 fully saturated rings. The highest BCUT2D eigenvalue weighted by atomic mass is 79.9. The van der Waals surface area contributed by atoms with Gasteiger partial charge in [-0.1, -0.05) is 54.1 Å². The molecule has 0 unspecified atom stereocenters. The third-order valence-electron chi connectivity index (χ3n) is 2.67. The molecular formula is C15H15BrN2O. The molecule has 0 saturated carbocycles. The van der Waals surface area contributed by atoms with E-state index in [0.29, 0.717) is 11.5 Å². The van der Waals surface area contributed by atoms with Crippen molar-refractivity contribution in [3.05, 3.63) is 62.2 Å². The third-order valence-corrected chi connectivity index (χ3v) is 3.39. The van der Waals surface area contributed by atoms with Crippen LogP contribution >= 0.6 is 15.9 Å². The molecule has 0 saturated heterocycles. The SMILES string of the molecule is CC(C)c1nc(/C=C/c2ccccc2Br)cc(=O)[nH]1. The van der Waals surface area contributed by atoms with Crippen LogP contribution in [0.25, 0.3) is 12.2 Å². The Morgan fingerprint density at radius 1 is 1.26 bits per heavy atom. The summed E-state index contributed by atoms with van der Waals surface area (Å²) in [5.74, 6) is 0.906. The molecule has 0 aliphatic heterocycles. The molecular weight excluding hydrogens is 304 g/mol. The summed E-state index contributed by atoms with van der Waals surface area (Å²) >= 11 is 3.48. The molecule has 0 amide bonds. The highest BCUT2D eigenvalue weighted by molar-refractivity contribution is 9.10. The average molecular weight is 319 g/mol. The van der Waals surface area contributed by atoms with Crippen LogP contribution < -0.4 is 5.56 Å². The standard InChI is InChI=1S/C15H15BrN2O/c1-10(2)15-17-12(9-14(19)18-15)8-7-11-5-3-4-6-13(11)16/h3-10H,1-2H3,(H,17,18,19)/b8-7+. The Bertz CT molecular complexity index is 659. The smallest absolute Gasteiger partial charge is 0.251 e. The Morgan fingerprint density at radius 3 is 2.68 bits per heavy atom. The number of hydrogen-bond donors (Lipinski definition) is 1. The zero-order valence-electron chi connectivity index (χ0n) is 10.9. The van der Waals surface area contributed by atoms with Crippen molar-refractivity contribution in [1.29, 1.82) is 0 Å². The van der Waals surface area contributed by atoms with Gasteiger partial charge in [0.25, 0.3) is 5.56 Å². The summed E-state index contributed by atoms with van der Waals surface area (Å²) in [4.78, 5) is 18.7. The van der Waals surface area contributed by atoms with Crippen molar-refractivity contribution in [2.75, 3.05) is 0 Å². The number of nitrogens with one attached hydrogen (secondary N) is 1. The number of aromatic amines is 1. The molecule has 0 aliphatic rings. The minimum absolute atomic E-state index is 0.120. The minimum atomic E-state index is -0.120. The summed E-state index contributed by atoms with van der Waals surface area (Å²) in [6.07, 6.45) is 3.79. The molecule has 1 heterocycles. The summed E-state index contributed by atoms with van der Waals surface area (Å²) in [6, 6.07) is 9.40. The predicted octanol–water partition coefficient (Wildman–Crippen LogP) is 3.83. The molecule has 0 bridgehead atoms. The fourth-order valence-electron chi connectivity index (χ4n) is 1.64. The number of halogens is 1. The van der Waals surface area contributed by atoms with Gasteiger partial charge in [0.1, 0.15) is 5.82 Å². The van der Waals surface area contributed by atoms with Crippen LogP contribution in [0.15, 0.2) is 39.6 Å². The van der Waals surface area contributed by atoms with Crippen molar-refractivity contribution >= 4 is 28.1 Å². The first kappa shape index (κ1) is 13.7. The van der Waals surface area contributed by atoms with Crippen molar-refractivity contribution < 1.29 is 0 Å². The van der Waals surface area contributed by atoms with E-state index >= 15 is 0 Å².